The molecular formula is C19H28N2O3S. The first kappa shape index (κ1) is 19.7. The molecular weight excluding hydrogens is 336 g/mol. The molecule has 0 aliphatic heterocycles. The number of aryl methyl sites for hydroxylation is 1. The Kier molecular flexibility index (Phi) is 6.79. The Morgan fingerprint density at radius 3 is 2.64 bits per heavy atom. The molecule has 1 aliphatic carbocycles. The lowest BCUT2D eigenvalue weighted by Crippen LogP contribution is -2.31. The predicted octanol–water partition coefficient (Wildman–Crippen LogP) is 3.30. The molecule has 6 heteroatoms. The summed E-state index contributed by atoms with van der Waals surface area (Å²) in [6, 6.07) is 4.46. The van der Waals surface area contributed by atoms with Crippen molar-refractivity contribution in [1.82, 2.24) is 10.0 Å². The van der Waals surface area contributed by atoms with E-state index in [-0.39, 0.29) is 16.8 Å². The van der Waals surface area contributed by atoms with Crippen molar-refractivity contribution in [3.8, 4) is 0 Å². The monoisotopic (exact) mass is 364 g/mol. The molecule has 0 saturated heterocycles. The van der Waals surface area contributed by atoms with Gasteiger partial charge >= 0.3 is 0 Å². The number of rotatable bonds is 7. The number of hydrogen-bond acceptors (Lipinski definition) is 3. The van der Waals surface area contributed by atoms with Crippen LogP contribution >= 0.6 is 0 Å². The van der Waals surface area contributed by atoms with Gasteiger partial charge in [-0.15, -0.1) is 0 Å². The number of nitrogens with one attached hydrogen (secondary N) is 2. The topological polar surface area (TPSA) is 75.3 Å². The molecule has 0 fully saturated rings. The largest absolute Gasteiger partial charge is 0.352 e. The standard InChI is InChI=1S/C19H28N2O3S/c1-14(2)21-25(23,24)17-10-9-15(3)18(13-17)19(22)20-12-11-16-7-5-4-6-8-16/h7,9-10,13-14,21H,4-6,8,11-12H2,1-3H3,(H,20,22). The summed E-state index contributed by atoms with van der Waals surface area (Å²) in [6.07, 6.45) is 7.85. The molecule has 0 saturated carbocycles. The van der Waals surface area contributed by atoms with E-state index in [1.165, 1.54) is 30.5 Å². The fourth-order valence-corrected chi connectivity index (χ4v) is 4.23. The predicted molar refractivity (Wildman–Crippen MR) is 100 cm³/mol. The first-order valence-corrected chi connectivity index (χ1v) is 10.4. The Morgan fingerprint density at radius 2 is 2.00 bits per heavy atom. The van der Waals surface area contributed by atoms with Gasteiger partial charge in [0, 0.05) is 18.2 Å². The number of sulfonamides is 1. The second-order valence-electron chi connectivity index (χ2n) is 6.87. The minimum atomic E-state index is -3.61. The van der Waals surface area contributed by atoms with Crippen molar-refractivity contribution < 1.29 is 13.2 Å². The third-order valence-electron chi connectivity index (χ3n) is 4.27. The average Bonchev–Trinajstić information content (AvgIpc) is 2.54. The van der Waals surface area contributed by atoms with Gasteiger partial charge in [-0.3, -0.25) is 4.79 Å². The normalized spacial score (nSPS) is 15.1. The van der Waals surface area contributed by atoms with E-state index in [0.29, 0.717) is 12.1 Å². The molecule has 0 aromatic heterocycles. The van der Waals surface area contributed by atoms with Gasteiger partial charge < -0.3 is 5.32 Å². The Hall–Kier alpha value is -1.66. The number of carbonyl (C=O) groups is 1. The van der Waals surface area contributed by atoms with Gasteiger partial charge in [0.1, 0.15) is 0 Å². The summed E-state index contributed by atoms with van der Waals surface area (Å²) in [4.78, 5) is 12.6. The third kappa shape index (κ3) is 5.68. The Balaban J connectivity index is 2.06. The van der Waals surface area contributed by atoms with Crippen molar-refractivity contribution in [3.63, 3.8) is 0 Å². The minimum absolute atomic E-state index is 0.118. The Labute approximate surface area is 151 Å². The maximum Gasteiger partial charge on any atom is 0.251 e. The van der Waals surface area contributed by atoms with Gasteiger partial charge in [0.15, 0.2) is 0 Å². The van der Waals surface area contributed by atoms with Gasteiger partial charge in [-0.25, -0.2) is 13.1 Å². The molecule has 1 aromatic carbocycles. The maximum absolute atomic E-state index is 12.5. The van der Waals surface area contributed by atoms with Crippen molar-refractivity contribution in [1.29, 1.82) is 0 Å². The lowest BCUT2D eigenvalue weighted by molar-refractivity contribution is 0.0953. The zero-order chi connectivity index (χ0) is 18.4. The maximum atomic E-state index is 12.5. The second-order valence-corrected chi connectivity index (χ2v) is 8.58. The van der Waals surface area contributed by atoms with Crippen LogP contribution in [-0.4, -0.2) is 26.9 Å². The van der Waals surface area contributed by atoms with E-state index in [0.717, 1.165) is 24.8 Å². The summed E-state index contributed by atoms with van der Waals surface area (Å²) in [5.41, 5.74) is 2.57. The number of carbonyl (C=O) groups excluding carboxylic acids is 1. The van der Waals surface area contributed by atoms with E-state index >= 15 is 0 Å². The average molecular weight is 365 g/mol. The summed E-state index contributed by atoms with van der Waals surface area (Å²) in [5, 5.41) is 2.91. The molecule has 0 heterocycles. The van der Waals surface area contributed by atoms with Crippen molar-refractivity contribution in [3.05, 3.63) is 41.0 Å². The van der Waals surface area contributed by atoms with Gasteiger partial charge in [-0.2, -0.15) is 0 Å². The van der Waals surface area contributed by atoms with E-state index in [9.17, 15) is 13.2 Å². The van der Waals surface area contributed by atoms with Gasteiger partial charge in [0.05, 0.1) is 4.90 Å². The Bertz CT molecular complexity index is 752. The molecule has 0 unspecified atom stereocenters. The number of allylic oxidation sites excluding steroid dienone is 1. The van der Waals surface area contributed by atoms with Crippen LogP contribution in [0.15, 0.2) is 34.7 Å². The molecule has 2 rings (SSSR count). The highest BCUT2D eigenvalue weighted by atomic mass is 32.2. The van der Waals surface area contributed by atoms with Gasteiger partial charge in [-0.1, -0.05) is 17.7 Å². The lowest BCUT2D eigenvalue weighted by atomic mass is 9.97. The highest BCUT2D eigenvalue weighted by molar-refractivity contribution is 7.89. The quantitative estimate of drug-likeness (QED) is 0.729. The molecule has 1 amide bonds. The van der Waals surface area contributed by atoms with Crippen LogP contribution in [0.2, 0.25) is 0 Å². The summed E-state index contributed by atoms with van der Waals surface area (Å²) in [6.45, 7) is 5.91. The van der Waals surface area contributed by atoms with E-state index in [4.69, 9.17) is 0 Å². The van der Waals surface area contributed by atoms with Crippen LogP contribution in [0.25, 0.3) is 0 Å². The van der Waals surface area contributed by atoms with E-state index in [2.05, 4.69) is 16.1 Å². The van der Waals surface area contributed by atoms with Crippen molar-refractivity contribution >= 4 is 15.9 Å². The van der Waals surface area contributed by atoms with E-state index in [1.807, 2.05) is 6.92 Å². The van der Waals surface area contributed by atoms with Gasteiger partial charge in [-0.05, 0) is 70.6 Å². The van der Waals surface area contributed by atoms with E-state index in [1.54, 1.807) is 19.9 Å². The minimum Gasteiger partial charge on any atom is -0.352 e. The van der Waals surface area contributed by atoms with Crippen molar-refractivity contribution in [2.45, 2.75) is 63.8 Å². The van der Waals surface area contributed by atoms with Crippen LogP contribution in [0.1, 0.15) is 61.9 Å². The molecule has 0 bridgehead atoms. The fraction of sp³-hybridized carbons (Fsp3) is 0.526. The van der Waals surface area contributed by atoms with Crippen molar-refractivity contribution in [2.75, 3.05) is 6.54 Å². The van der Waals surface area contributed by atoms with Crippen LogP contribution in [0.4, 0.5) is 0 Å². The Morgan fingerprint density at radius 1 is 1.24 bits per heavy atom. The van der Waals surface area contributed by atoms with Crippen LogP contribution in [0.3, 0.4) is 0 Å². The van der Waals surface area contributed by atoms with Crippen molar-refractivity contribution in [2.24, 2.45) is 0 Å². The van der Waals surface area contributed by atoms with Gasteiger partial charge in [0.2, 0.25) is 10.0 Å². The molecule has 138 valence electrons. The summed E-state index contributed by atoms with van der Waals surface area (Å²) >= 11 is 0. The fourth-order valence-electron chi connectivity index (χ4n) is 2.95. The summed E-state index contributed by atoms with van der Waals surface area (Å²) in [7, 11) is -3.61. The molecule has 0 spiro atoms. The molecule has 0 atom stereocenters. The number of hydrogen-bond donors (Lipinski definition) is 2. The summed E-state index contributed by atoms with van der Waals surface area (Å²) in [5.74, 6) is -0.226. The first-order valence-electron chi connectivity index (χ1n) is 8.88. The first-order chi connectivity index (χ1) is 11.8. The van der Waals surface area contributed by atoms with Gasteiger partial charge in [0.25, 0.3) is 5.91 Å². The molecule has 1 aromatic rings. The summed E-state index contributed by atoms with van der Waals surface area (Å²) < 4.78 is 27.1. The molecule has 5 nitrogen and oxygen atoms in total. The zero-order valence-corrected chi connectivity index (χ0v) is 16.1. The second kappa shape index (κ2) is 8.63. The number of benzene rings is 1. The highest BCUT2D eigenvalue weighted by Crippen LogP contribution is 2.20. The molecule has 25 heavy (non-hydrogen) atoms. The van der Waals surface area contributed by atoms with Crippen LogP contribution in [0.5, 0.6) is 0 Å². The molecule has 2 N–H and O–H groups in total. The zero-order valence-electron chi connectivity index (χ0n) is 15.3. The third-order valence-corrected chi connectivity index (χ3v) is 5.93. The SMILES string of the molecule is Cc1ccc(S(=O)(=O)NC(C)C)cc1C(=O)NCCC1=CCCCC1. The lowest BCUT2D eigenvalue weighted by Gasteiger charge is -2.14. The number of amides is 1. The molecule has 0 radical (unpaired) electrons. The highest BCUT2D eigenvalue weighted by Gasteiger charge is 2.18. The van der Waals surface area contributed by atoms with Crippen LogP contribution in [0, 0.1) is 6.92 Å². The van der Waals surface area contributed by atoms with Crippen LogP contribution < -0.4 is 10.0 Å². The smallest absolute Gasteiger partial charge is 0.251 e. The van der Waals surface area contributed by atoms with E-state index < -0.39 is 10.0 Å². The van der Waals surface area contributed by atoms with Crippen LogP contribution in [-0.2, 0) is 10.0 Å². The molecule has 1 aliphatic rings.